The molecule has 0 saturated heterocycles. The van der Waals surface area contributed by atoms with Gasteiger partial charge in [0.2, 0.25) is 0 Å². The first-order valence-electron chi connectivity index (χ1n) is 14.7. The molecule has 0 bridgehead atoms. The summed E-state index contributed by atoms with van der Waals surface area (Å²) in [6.45, 7) is 6.21. The quantitative estimate of drug-likeness (QED) is 0.208. The fourth-order valence-corrected chi connectivity index (χ4v) is 6.12. The normalized spacial score (nSPS) is 11.4. The van der Waals surface area contributed by atoms with Crippen LogP contribution in [0.5, 0.6) is 0 Å². The van der Waals surface area contributed by atoms with Gasteiger partial charge in [0.15, 0.2) is 17.5 Å². The van der Waals surface area contributed by atoms with Crippen LogP contribution in [0.3, 0.4) is 0 Å². The van der Waals surface area contributed by atoms with Gasteiger partial charge in [-0.05, 0) is 58.1 Å². The third kappa shape index (κ3) is 4.27. The zero-order valence-corrected chi connectivity index (χ0v) is 24.2. The maximum absolute atomic E-state index is 6.19. The predicted molar refractivity (Wildman–Crippen MR) is 181 cm³/mol. The van der Waals surface area contributed by atoms with Gasteiger partial charge < -0.3 is 4.42 Å². The zero-order chi connectivity index (χ0) is 29.6. The number of nitrogens with zero attached hydrogens (tertiary/aromatic N) is 3. The Balaban J connectivity index is 1.35. The fourth-order valence-electron chi connectivity index (χ4n) is 6.12. The Hall–Kier alpha value is -5.87. The van der Waals surface area contributed by atoms with Crippen molar-refractivity contribution in [2.75, 3.05) is 0 Å². The van der Waals surface area contributed by atoms with Gasteiger partial charge in [-0.3, -0.25) is 0 Å². The van der Waals surface area contributed by atoms with E-state index in [-0.39, 0.29) is 0 Å². The number of hydrogen-bond donors (Lipinski definition) is 0. The van der Waals surface area contributed by atoms with E-state index in [1.807, 2.05) is 72.8 Å². The van der Waals surface area contributed by atoms with Crippen LogP contribution in [0.15, 0.2) is 138 Å². The van der Waals surface area contributed by atoms with Crippen LogP contribution in [0.1, 0.15) is 11.1 Å². The SMILES string of the molecule is C=Cc1ccccc1-c1ccc2ccc(-c3nc(-c4ccccc4)nc(-c4cccc5oc6ccccc6c45)n3)cc2c1C. The Morgan fingerprint density at radius 1 is 0.545 bits per heavy atom. The van der Waals surface area contributed by atoms with Crippen molar-refractivity contribution in [3.63, 3.8) is 0 Å². The monoisotopic (exact) mass is 565 g/mol. The molecule has 8 aromatic rings. The summed E-state index contributed by atoms with van der Waals surface area (Å²) in [6.07, 6.45) is 1.91. The molecule has 0 saturated carbocycles. The van der Waals surface area contributed by atoms with Gasteiger partial charge in [-0.1, -0.05) is 122 Å². The highest BCUT2D eigenvalue weighted by molar-refractivity contribution is 6.11. The Bertz CT molecular complexity index is 2370. The van der Waals surface area contributed by atoms with Crippen molar-refractivity contribution in [1.29, 1.82) is 0 Å². The van der Waals surface area contributed by atoms with Crippen molar-refractivity contribution in [2.24, 2.45) is 0 Å². The molecule has 0 unspecified atom stereocenters. The summed E-state index contributed by atoms with van der Waals surface area (Å²) in [6, 6.07) is 43.4. The smallest absolute Gasteiger partial charge is 0.164 e. The Kier molecular flexibility index (Phi) is 6.13. The highest BCUT2D eigenvalue weighted by atomic mass is 16.3. The molecule has 0 atom stereocenters. The molecule has 4 heteroatoms. The number of hydrogen-bond acceptors (Lipinski definition) is 4. The van der Waals surface area contributed by atoms with Crippen LogP contribution >= 0.6 is 0 Å². The number of para-hydroxylation sites is 1. The van der Waals surface area contributed by atoms with E-state index in [1.54, 1.807) is 0 Å². The van der Waals surface area contributed by atoms with Crippen molar-refractivity contribution in [1.82, 2.24) is 15.0 Å². The molecule has 0 aliphatic carbocycles. The van der Waals surface area contributed by atoms with Crippen LogP contribution < -0.4 is 0 Å². The van der Waals surface area contributed by atoms with E-state index in [9.17, 15) is 0 Å². The minimum absolute atomic E-state index is 0.608. The summed E-state index contributed by atoms with van der Waals surface area (Å²) in [7, 11) is 0. The lowest BCUT2D eigenvalue weighted by Crippen LogP contribution is -2.00. The van der Waals surface area contributed by atoms with Crippen LogP contribution in [-0.2, 0) is 0 Å². The molecule has 2 heterocycles. The maximum atomic E-state index is 6.19. The molecule has 0 aliphatic heterocycles. The molecule has 6 aromatic carbocycles. The van der Waals surface area contributed by atoms with Gasteiger partial charge in [0.25, 0.3) is 0 Å². The largest absolute Gasteiger partial charge is 0.456 e. The predicted octanol–water partition coefficient (Wildman–Crippen LogP) is 10.5. The van der Waals surface area contributed by atoms with Gasteiger partial charge in [-0.15, -0.1) is 0 Å². The lowest BCUT2D eigenvalue weighted by molar-refractivity contribution is 0.669. The topological polar surface area (TPSA) is 51.8 Å². The molecule has 2 aromatic heterocycles. The zero-order valence-electron chi connectivity index (χ0n) is 24.2. The summed E-state index contributed by atoms with van der Waals surface area (Å²) in [4.78, 5) is 15.1. The van der Waals surface area contributed by atoms with Gasteiger partial charge in [0.1, 0.15) is 11.2 Å². The number of furan rings is 1. The van der Waals surface area contributed by atoms with Crippen molar-refractivity contribution in [2.45, 2.75) is 6.92 Å². The van der Waals surface area contributed by atoms with E-state index in [0.29, 0.717) is 17.5 Å². The summed E-state index contributed by atoms with van der Waals surface area (Å²) < 4.78 is 6.19. The Labute approximate surface area is 255 Å². The average molecular weight is 566 g/mol. The third-order valence-corrected chi connectivity index (χ3v) is 8.33. The molecule has 0 N–H and O–H groups in total. The average Bonchev–Trinajstić information content (AvgIpc) is 3.48. The molecule has 8 rings (SSSR count). The summed E-state index contributed by atoms with van der Waals surface area (Å²) >= 11 is 0. The number of aryl methyl sites for hydroxylation is 1. The lowest BCUT2D eigenvalue weighted by atomic mass is 9.91. The first kappa shape index (κ1) is 25.8. The number of benzene rings is 6. The summed E-state index contributed by atoms with van der Waals surface area (Å²) in [5.41, 5.74) is 9.08. The second kappa shape index (κ2) is 10.4. The number of aromatic nitrogens is 3. The minimum Gasteiger partial charge on any atom is -0.456 e. The van der Waals surface area contributed by atoms with Gasteiger partial charge in [-0.25, -0.2) is 15.0 Å². The highest BCUT2D eigenvalue weighted by Crippen LogP contribution is 2.37. The lowest BCUT2D eigenvalue weighted by Gasteiger charge is -2.14. The molecule has 208 valence electrons. The molecule has 0 radical (unpaired) electrons. The van der Waals surface area contributed by atoms with Crippen LogP contribution in [-0.4, -0.2) is 15.0 Å². The first-order valence-corrected chi connectivity index (χ1v) is 14.7. The van der Waals surface area contributed by atoms with Crippen molar-refractivity contribution < 1.29 is 4.42 Å². The van der Waals surface area contributed by atoms with E-state index in [4.69, 9.17) is 19.4 Å². The van der Waals surface area contributed by atoms with Crippen molar-refractivity contribution in [3.05, 3.63) is 145 Å². The Morgan fingerprint density at radius 3 is 2.09 bits per heavy atom. The molecule has 0 amide bonds. The highest BCUT2D eigenvalue weighted by Gasteiger charge is 2.18. The van der Waals surface area contributed by atoms with E-state index >= 15 is 0 Å². The Morgan fingerprint density at radius 2 is 1.23 bits per heavy atom. The summed E-state index contributed by atoms with van der Waals surface area (Å²) in [5.74, 6) is 1.86. The second-order valence-electron chi connectivity index (χ2n) is 10.9. The summed E-state index contributed by atoms with van der Waals surface area (Å²) in [5, 5.41) is 4.36. The molecule has 44 heavy (non-hydrogen) atoms. The minimum atomic E-state index is 0.608. The van der Waals surface area contributed by atoms with Crippen molar-refractivity contribution in [3.8, 4) is 45.3 Å². The van der Waals surface area contributed by atoms with E-state index in [0.717, 1.165) is 49.6 Å². The molecule has 0 aliphatic rings. The number of fused-ring (bicyclic) bond motifs is 4. The van der Waals surface area contributed by atoms with E-state index in [2.05, 4.69) is 74.2 Å². The maximum Gasteiger partial charge on any atom is 0.164 e. The standard InChI is InChI=1S/C40H27N3O/c1-3-26-12-7-8-15-31(26)30-23-22-27-20-21-29(24-34(27)25(30)2)39-41-38(28-13-5-4-6-14-28)42-40(43-39)33-17-11-19-36-37(33)32-16-9-10-18-35(32)44-36/h3-24H,1H2,2H3. The van der Waals surface area contributed by atoms with E-state index < -0.39 is 0 Å². The van der Waals surface area contributed by atoms with Crippen LogP contribution in [0, 0.1) is 6.92 Å². The third-order valence-electron chi connectivity index (χ3n) is 8.33. The van der Waals surface area contributed by atoms with Crippen molar-refractivity contribution >= 4 is 38.8 Å². The first-order chi connectivity index (χ1) is 21.7. The number of rotatable bonds is 5. The van der Waals surface area contributed by atoms with Crippen LogP contribution in [0.4, 0.5) is 0 Å². The van der Waals surface area contributed by atoms with Gasteiger partial charge in [0.05, 0.1) is 0 Å². The second-order valence-corrected chi connectivity index (χ2v) is 10.9. The molecule has 0 fully saturated rings. The van der Waals surface area contributed by atoms with Gasteiger partial charge >= 0.3 is 0 Å². The molecular formula is C40H27N3O. The van der Waals surface area contributed by atoms with Gasteiger partial charge in [0, 0.05) is 27.5 Å². The fraction of sp³-hybridized carbons (Fsp3) is 0.0250. The van der Waals surface area contributed by atoms with Crippen LogP contribution in [0.2, 0.25) is 0 Å². The molecule has 0 spiro atoms. The van der Waals surface area contributed by atoms with Crippen LogP contribution in [0.25, 0.3) is 84.1 Å². The van der Waals surface area contributed by atoms with Gasteiger partial charge in [-0.2, -0.15) is 0 Å². The van der Waals surface area contributed by atoms with E-state index in [1.165, 1.54) is 22.1 Å². The molecule has 4 nitrogen and oxygen atoms in total. The molecular weight excluding hydrogens is 538 g/mol.